The van der Waals surface area contributed by atoms with Gasteiger partial charge >= 0.3 is 24.6 Å². The van der Waals surface area contributed by atoms with Gasteiger partial charge < -0.3 is 10.1 Å². The van der Waals surface area contributed by atoms with Crippen LogP contribution in [0.5, 0.6) is 0 Å². The van der Waals surface area contributed by atoms with Gasteiger partial charge in [0, 0.05) is 19.1 Å². The van der Waals surface area contributed by atoms with Crippen molar-refractivity contribution in [2.24, 2.45) is 0 Å². The molecule has 38 heavy (non-hydrogen) atoms. The van der Waals surface area contributed by atoms with Crippen molar-refractivity contribution in [1.29, 1.82) is 0 Å². The molecule has 0 spiro atoms. The predicted molar refractivity (Wildman–Crippen MR) is 120 cm³/mol. The van der Waals surface area contributed by atoms with Gasteiger partial charge in [-0.15, -0.1) is 0 Å². The average Bonchev–Trinajstić information content (AvgIpc) is 2.95. The summed E-state index contributed by atoms with van der Waals surface area (Å²) in [6.45, 7) is 3.91. The minimum atomic E-state index is -5.02. The van der Waals surface area contributed by atoms with Crippen molar-refractivity contribution in [1.82, 2.24) is 5.32 Å². The van der Waals surface area contributed by atoms with Crippen molar-refractivity contribution in [2.45, 2.75) is 70.8 Å². The fourth-order valence-electron chi connectivity index (χ4n) is 4.41. The van der Waals surface area contributed by atoms with Crippen molar-refractivity contribution in [2.75, 3.05) is 11.4 Å². The maximum atomic E-state index is 13.7. The molecule has 0 saturated carbocycles. The Kier molecular flexibility index (Phi) is 8.30. The fraction of sp³-hybridized carbons (Fsp3) is 0.480. The van der Waals surface area contributed by atoms with Crippen molar-refractivity contribution in [3.63, 3.8) is 0 Å². The summed E-state index contributed by atoms with van der Waals surface area (Å²) in [5, 5.41) is 2.88. The highest BCUT2D eigenvalue weighted by Gasteiger charge is 2.39. The quantitative estimate of drug-likeness (QED) is 0.388. The first-order valence-corrected chi connectivity index (χ1v) is 11.6. The smallest absolute Gasteiger partial charge is 0.416 e. The first-order valence-electron chi connectivity index (χ1n) is 11.6. The van der Waals surface area contributed by atoms with Crippen molar-refractivity contribution < 1.29 is 49.0 Å². The number of nitrogens with one attached hydrogen (secondary N) is 1. The van der Waals surface area contributed by atoms with E-state index in [9.17, 15) is 44.3 Å². The van der Waals surface area contributed by atoms with Crippen LogP contribution in [0.3, 0.4) is 0 Å². The van der Waals surface area contributed by atoms with Gasteiger partial charge in [0.1, 0.15) is 0 Å². The molecule has 0 aromatic heterocycles. The minimum Gasteiger partial charge on any atom is -0.446 e. The number of carbonyl (C=O) groups is 1. The maximum Gasteiger partial charge on any atom is 0.416 e. The third kappa shape index (κ3) is 6.72. The van der Waals surface area contributed by atoms with Gasteiger partial charge in [-0.05, 0) is 74.6 Å². The summed E-state index contributed by atoms with van der Waals surface area (Å²) < 4.78 is 126. The lowest BCUT2D eigenvalue weighted by Crippen LogP contribution is -2.35. The number of rotatable bonds is 4. The highest BCUT2D eigenvalue weighted by Crippen LogP contribution is 2.43. The molecular weight excluding hydrogens is 531 g/mol. The number of anilines is 1. The molecule has 2 aromatic rings. The van der Waals surface area contributed by atoms with E-state index in [1.54, 1.807) is 13.8 Å². The molecule has 4 nitrogen and oxygen atoms in total. The zero-order valence-corrected chi connectivity index (χ0v) is 20.5. The van der Waals surface area contributed by atoms with Crippen LogP contribution in [0.25, 0.3) is 0 Å². The average molecular weight is 556 g/mol. The molecule has 0 fully saturated rings. The molecule has 210 valence electrons. The van der Waals surface area contributed by atoms with Crippen LogP contribution in [-0.2, 0) is 29.8 Å². The van der Waals surface area contributed by atoms with Gasteiger partial charge in [-0.25, -0.2) is 4.79 Å². The van der Waals surface area contributed by atoms with E-state index in [2.05, 4.69) is 5.32 Å². The second-order valence-corrected chi connectivity index (χ2v) is 9.25. The van der Waals surface area contributed by atoms with Gasteiger partial charge in [0.15, 0.2) is 0 Å². The zero-order valence-electron chi connectivity index (χ0n) is 20.5. The maximum absolute atomic E-state index is 13.7. The Bertz CT molecular complexity index is 1140. The van der Waals surface area contributed by atoms with Crippen LogP contribution < -0.4 is 10.2 Å². The zero-order chi connectivity index (χ0) is 28.6. The Morgan fingerprint density at radius 1 is 0.974 bits per heavy atom. The van der Waals surface area contributed by atoms with E-state index in [4.69, 9.17) is 4.74 Å². The first-order chi connectivity index (χ1) is 17.4. The number of ether oxygens (including phenoxy) is 1. The molecular formula is C25H25F9N2O2. The SMILES string of the molecule is Cc1c(C(F)(F)F)ccc2c1N(C(=O)OC(C)C)CCCC2NCc1cc(C(F)(F)F)cc(C(F)(F)F)c1. The molecule has 1 unspecified atom stereocenters. The number of nitrogens with zero attached hydrogens (tertiary/aromatic N) is 1. The Morgan fingerprint density at radius 2 is 1.55 bits per heavy atom. The van der Waals surface area contributed by atoms with Crippen molar-refractivity contribution >= 4 is 11.8 Å². The van der Waals surface area contributed by atoms with Gasteiger partial charge in [-0.3, -0.25) is 4.90 Å². The first kappa shape index (κ1) is 29.6. The molecule has 1 aliphatic rings. The van der Waals surface area contributed by atoms with Gasteiger partial charge in [-0.2, -0.15) is 39.5 Å². The minimum absolute atomic E-state index is 0.000659. The summed E-state index contributed by atoms with van der Waals surface area (Å²) in [6.07, 6.45) is -15.7. The molecule has 0 saturated heterocycles. The molecule has 3 rings (SSSR count). The Labute approximate surface area is 212 Å². The molecule has 0 radical (unpaired) electrons. The second kappa shape index (κ2) is 10.7. The molecule has 0 aliphatic carbocycles. The van der Waals surface area contributed by atoms with E-state index < -0.39 is 60.0 Å². The van der Waals surface area contributed by atoms with E-state index in [1.807, 2.05) is 0 Å². The fourth-order valence-corrected chi connectivity index (χ4v) is 4.41. The van der Waals surface area contributed by atoms with Crippen LogP contribution in [0.1, 0.15) is 66.1 Å². The van der Waals surface area contributed by atoms with Gasteiger partial charge in [-0.1, -0.05) is 6.07 Å². The third-order valence-electron chi connectivity index (χ3n) is 6.04. The largest absolute Gasteiger partial charge is 0.446 e. The van der Waals surface area contributed by atoms with Crippen LogP contribution in [0.15, 0.2) is 30.3 Å². The lowest BCUT2D eigenvalue weighted by atomic mass is 9.95. The van der Waals surface area contributed by atoms with Crippen LogP contribution in [0.4, 0.5) is 50.0 Å². The number of alkyl halides is 9. The molecule has 1 N–H and O–H groups in total. The van der Waals surface area contributed by atoms with Crippen molar-refractivity contribution in [3.05, 3.63) is 63.7 Å². The number of benzene rings is 2. The lowest BCUT2D eigenvalue weighted by molar-refractivity contribution is -0.143. The van der Waals surface area contributed by atoms with Gasteiger partial charge in [0.05, 0.1) is 28.5 Å². The number of amides is 1. The summed E-state index contributed by atoms with van der Waals surface area (Å²) in [6, 6.07) is 2.43. The summed E-state index contributed by atoms with van der Waals surface area (Å²) in [7, 11) is 0. The molecule has 1 amide bonds. The summed E-state index contributed by atoms with van der Waals surface area (Å²) in [4.78, 5) is 13.9. The number of hydrogen-bond acceptors (Lipinski definition) is 3. The molecule has 1 atom stereocenters. The van der Waals surface area contributed by atoms with E-state index >= 15 is 0 Å². The molecule has 2 aromatic carbocycles. The number of hydrogen-bond donors (Lipinski definition) is 1. The highest BCUT2D eigenvalue weighted by molar-refractivity contribution is 5.90. The van der Waals surface area contributed by atoms with E-state index in [-0.39, 0.29) is 47.8 Å². The predicted octanol–water partition coefficient (Wildman–Crippen LogP) is 8.03. The van der Waals surface area contributed by atoms with Gasteiger partial charge in [0.2, 0.25) is 0 Å². The normalized spacial score (nSPS) is 16.9. The van der Waals surface area contributed by atoms with E-state index in [1.165, 1.54) is 6.92 Å². The van der Waals surface area contributed by atoms with Crippen LogP contribution >= 0.6 is 0 Å². The molecule has 13 heteroatoms. The highest BCUT2D eigenvalue weighted by atomic mass is 19.4. The Morgan fingerprint density at radius 3 is 2.05 bits per heavy atom. The summed E-state index contributed by atoms with van der Waals surface area (Å²) in [5.41, 5.74) is -4.29. The second-order valence-electron chi connectivity index (χ2n) is 9.25. The molecule has 1 heterocycles. The van der Waals surface area contributed by atoms with Crippen LogP contribution in [0, 0.1) is 6.92 Å². The topological polar surface area (TPSA) is 41.6 Å². The molecule has 1 aliphatic heterocycles. The monoisotopic (exact) mass is 556 g/mol. The Hall–Kier alpha value is -2.96. The van der Waals surface area contributed by atoms with Crippen molar-refractivity contribution in [3.8, 4) is 0 Å². The number of carbonyl (C=O) groups excluding carboxylic acids is 1. The van der Waals surface area contributed by atoms with Crippen LogP contribution in [-0.4, -0.2) is 18.7 Å². The Balaban J connectivity index is 2.03. The van der Waals surface area contributed by atoms with E-state index in [0.29, 0.717) is 12.1 Å². The van der Waals surface area contributed by atoms with Gasteiger partial charge in [0.25, 0.3) is 0 Å². The summed E-state index contributed by atoms with van der Waals surface area (Å²) in [5.74, 6) is 0. The number of halogens is 9. The van der Waals surface area contributed by atoms with Crippen LogP contribution in [0.2, 0.25) is 0 Å². The molecule has 0 bridgehead atoms. The summed E-state index contributed by atoms with van der Waals surface area (Å²) >= 11 is 0. The van der Waals surface area contributed by atoms with E-state index in [0.717, 1.165) is 17.0 Å². The third-order valence-corrected chi connectivity index (χ3v) is 6.04. The number of fused-ring (bicyclic) bond motifs is 1. The lowest BCUT2D eigenvalue weighted by Gasteiger charge is -2.28. The standard InChI is InChI=1S/C25H25F9N2O2/c1-13(2)38-22(37)36-8-4-5-20(18-6-7-19(25(32,33)34)14(3)21(18)36)35-12-15-9-16(23(26,27)28)11-17(10-15)24(29,30)31/h6-7,9-11,13,20,35H,4-5,8,12H2,1-3H3.